The Morgan fingerprint density at radius 3 is 2.37 bits per heavy atom. The minimum atomic E-state index is -4.92. The Morgan fingerprint density at radius 2 is 1.70 bits per heavy atom. The van der Waals surface area contributed by atoms with Gasteiger partial charge in [-0.15, -0.1) is 0 Å². The first-order chi connectivity index (χ1) is 14.2. The van der Waals surface area contributed by atoms with E-state index in [9.17, 15) is 22.0 Å². The number of nitrogens with zero attached hydrogens (tertiary/aromatic N) is 3. The second-order valence-corrected chi connectivity index (χ2v) is 7.24. The van der Waals surface area contributed by atoms with Crippen molar-refractivity contribution >= 4 is 27.5 Å². The van der Waals surface area contributed by atoms with Gasteiger partial charge in [0.25, 0.3) is 0 Å². The van der Waals surface area contributed by atoms with Gasteiger partial charge in [0.1, 0.15) is 23.0 Å². The molecule has 0 spiro atoms. The van der Waals surface area contributed by atoms with E-state index in [0.717, 1.165) is 24.4 Å². The van der Waals surface area contributed by atoms with E-state index < -0.39 is 34.8 Å². The van der Waals surface area contributed by atoms with Crippen LogP contribution in [0.25, 0.3) is 28.3 Å². The van der Waals surface area contributed by atoms with Crippen molar-refractivity contribution in [3.8, 4) is 28.3 Å². The Labute approximate surface area is 179 Å². The summed E-state index contributed by atoms with van der Waals surface area (Å²) in [4.78, 5) is 0. The average Bonchev–Trinajstić information content (AvgIpc) is 3.26. The smallest absolute Gasteiger partial charge is 0.354 e. The topological polar surface area (TPSA) is 43.9 Å². The molecule has 30 heavy (non-hydrogen) atoms. The molecule has 0 atom stereocenters. The lowest BCUT2D eigenvalue weighted by molar-refractivity contribution is -0.142. The Kier molecular flexibility index (Phi) is 5.15. The lowest BCUT2D eigenvalue weighted by atomic mass is 10.1. The first kappa shape index (κ1) is 20.5. The zero-order chi connectivity index (χ0) is 21.6. The third-order valence-electron chi connectivity index (χ3n) is 4.20. The molecule has 4 aromatic rings. The second kappa shape index (κ2) is 7.51. The van der Waals surface area contributed by atoms with Gasteiger partial charge in [0, 0.05) is 0 Å². The van der Waals surface area contributed by atoms with Gasteiger partial charge in [0.05, 0.1) is 26.8 Å². The predicted octanol–water partition coefficient (Wildman–Crippen LogP) is 6.91. The van der Waals surface area contributed by atoms with Gasteiger partial charge in [-0.1, -0.05) is 35.0 Å². The molecule has 2 heterocycles. The highest BCUT2D eigenvalue weighted by Gasteiger charge is 2.41. The highest BCUT2D eigenvalue weighted by atomic mass is 79.9. The fourth-order valence-corrected chi connectivity index (χ4v) is 3.73. The lowest BCUT2D eigenvalue weighted by Gasteiger charge is -2.12. The molecular weight excluding hydrogens is 497 g/mol. The molecule has 11 heteroatoms. The number of rotatable bonds is 3. The van der Waals surface area contributed by atoms with Crippen LogP contribution >= 0.6 is 27.5 Å². The van der Waals surface area contributed by atoms with Crippen molar-refractivity contribution in [3.63, 3.8) is 0 Å². The van der Waals surface area contributed by atoms with Gasteiger partial charge in [0.15, 0.2) is 11.5 Å². The van der Waals surface area contributed by atoms with Crippen LogP contribution in [0.5, 0.6) is 0 Å². The van der Waals surface area contributed by atoms with Gasteiger partial charge in [-0.05, 0) is 40.2 Å². The molecule has 0 amide bonds. The van der Waals surface area contributed by atoms with E-state index >= 15 is 0 Å². The van der Waals surface area contributed by atoms with Crippen molar-refractivity contribution in [2.24, 2.45) is 0 Å². The number of aromatic nitrogens is 3. The normalized spacial score (nSPS) is 11.8. The summed E-state index contributed by atoms with van der Waals surface area (Å²) in [5, 5.41) is 7.37. The number of hydrogen-bond donors (Lipinski definition) is 0. The molecular formula is C19H8BrClF5N3O. The summed E-state index contributed by atoms with van der Waals surface area (Å²) < 4.78 is 75.5. The maximum atomic E-state index is 14.2. The maximum absolute atomic E-state index is 14.2. The van der Waals surface area contributed by atoms with Gasteiger partial charge in [-0.3, -0.25) is 0 Å². The lowest BCUT2D eigenvalue weighted by Crippen LogP contribution is -2.15. The van der Waals surface area contributed by atoms with Crippen LogP contribution in [0, 0.1) is 11.6 Å². The standard InChI is InChI=1S/C19H8BrClF5N3O/c20-15-16(14-10(21)4-3-6-12(14)23)28-30-17(15)9-8-27-29(18(9)19(24,25)26)13-7-2-1-5-11(13)22/h1-8H. The zero-order valence-corrected chi connectivity index (χ0v) is 16.9. The molecule has 0 fully saturated rings. The number of benzene rings is 2. The Bertz CT molecular complexity index is 1230. The summed E-state index contributed by atoms with van der Waals surface area (Å²) >= 11 is 9.13. The van der Waals surface area contributed by atoms with Crippen LogP contribution in [0.3, 0.4) is 0 Å². The third kappa shape index (κ3) is 3.39. The minimum absolute atomic E-state index is 0.00588. The summed E-state index contributed by atoms with van der Waals surface area (Å²) in [6.45, 7) is 0. The number of halogens is 7. The highest BCUT2D eigenvalue weighted by Crippen LogP contribution is 2.44. The Hall–Kier alpha value is -2.72. The van der Waals surface area contributed by atoms with E-state index in [1.165, 1.54) is 24.3 Å². The zero-order valence-electron chi connectivity index (χ0n) is 14.5. The van der Waals surface area contributed by atoms with Crippen LogP contribution in [0.1, 0.15) is 5.69 Å². The predicted molar refractivity (Wildman–Crippen MR) is 102 cm³/mol. The summed E-state index contributed by atoms with van der Waals surface area (Å²) in [6.07, 6.45) is -4.05. The van der Waals surface area contributed by atoms with Crippen molar-refractivity contribution in [3.05, 3.63) is 75.5 Å². The van der Waals surface area contributed by atoms with Crippen LogP contribution < -0.4 is 0 Å². The molecule has 0 saturated carbocycles. The molecule has 4 nitrogen and oxygen atoms in total. The van der Waals surface area contributed by atoms with Gasteiger partial charge in [0.2, 0.25) is 0 Å². The molecule has 0 N–H and O–H groups in total. The quantitative estimate of drug-likeness (QED) is 0.285. The van der Waals surface area contributed by atoms with E-state index in [-0.39, 0.29) is 26.5 Å². The Morgan fingerprint density at radius 1 is 1.00 bits per heavy atom. The van der Waals surface area contributed by atoms with Gasteiger partial charge in [-0.25, -0.2) is 13.5 Å². The van der Waals surface area contributed by atoms with Crippen molar-refractivity contribution in [1.29, 1.82) is 0 Å². The first-order valence-electron chi connectivity index (χ1n) is 8.20. The van der Waals surface area contributed by atoms with E-state index in [1.54, 1.807) is 0 Å². The van der Waals surface area contributed by atoms with E-state index in [1.807, 2.05) is 0 Å². The number of alkyl halides is 3. The molecule has 0 aliphatic carbocycles. The molecule has 154 valence electrons. The van der Waals surface area contributed by atoms with Crippen LogP contribution in [-0.4, -0.2) is 14.9 Å². The van der Waals surface area contributed by atoms with E-state index in [2.05, 4.69) is 26.2 Å². The van der Waals surface area contributed by atoms with Crippen molar-refractivity contribution in [2.45, 2.75) is 6.18 Å². The van der Waals surface area contributed by atoms with Gasteiger partial charge < -0.3 is 4.52 Å². The van der Waals surface area contributed by atoms with Crippen LogP contribution in [0.2, 0.25) is 5.02 Å². The van der Waals surface area contributed by atoms with Crippen LogP contribution in [0.15, 0.2) is 57.7 Å². The van der Waals surface area contributed by atoms with E-state index in [0.29, 0.717) is 4.68 Å². The third-order valence-corrected chi connectivity index (χ3v) is 5.25. The summed E-state index contributed by atoms with van der Waals surface area (Å²) in [7, 11) is 0. The first-order valence-corrected chi connectivity index (χ1v) is 9.37. The van der Waals surface area contributed by atoms with Crippen molar-refractivity contribution in [1.82, 2.24) is 14.9 Å². The molecule has 0 saturated heterocycles. The molecule has 0 aliphatic heterocycles. The molecule has 0 bridgehead atoms. The highest BCUT2D eigenvalue weighted by molar-refractivity contribution is 9.10. The van der Waals surface area contributed by atoms with E-state index in [4.69, 9.17) is 16.1 Å². The largest absolute Gasteiger partial charge is 0.434 e. The monoisotopic (exact) mass is 503 g/mol. The SMILES string of the molecule is Fc1ccccc1-n1ncc(-c2onc(-c3c(F)cccc3Cl)c2Br)c1C(F)(F)F. The fraction of sp³-hybridized carbons (Fsp3) is 0.0526. The number of para-hydroxylation sites is 1. The summed E-state index contributed by atoms with van der Waals surface area (Å²) in [5.74, 6) is -1.99. The second-order valence-electron chi connectivity index (χ2n) is 6.04. The molecule has 0 aliphatic rings. The Balaban J connectivity index is 1.93. The molecule has 0 unspecified atom stereocenters. The molecule has 0 radical (unpaired) electrons. The van der Waals surface area contributed by atoms with Crippen molar-refractivity contribution in [2.75, 3.05) is 0 Å². The fourth-order valence-electron chi connectivity index (χ4n) is 2.92. The van der Waals surface area contributed by atoms with Gasteiger partial charge >= 0.3 is 6.18 Å². The molecule has 2 aromatic carbocycles. The summed E-state index contributed by atoms with van der Waals surface area (Å²) in [6, 6.07) is 8.78. The molecule has 4 rings (SSSR count). The van der Waals surface area contributed by atoms with Gasteiger partial charge in [-0.2, -0.15) is 18.3 Å². The van der Waals surface area contributed by atoms with Crippen molar-refractivity contribution < 1.29 is 26.5 Å². The summed E-state index contributed by atoms with van der Waals surface area (Å²) in [5.41, 5.74) is -2.46. The van der Waals surface area contributed by atoms with Crippen LogP contribution in [-0.2, 0) is 6.18 Å². The average molecular weight is 505 g/mol. The molecule has 2 aromatic heterocycles. The van der Waals surface area contributed by atoms with Crippen LogP contribution in [0.4, 0.5) is 22.0 Å². The minimum Gasteiger partial charge on any atom is -0.354 e. The maximum Gasteiger partial charge on any atom is 0.434 e. The number of hydrogen-bond acceptors (Lipinski definition) is 3.